The highest BCUT2D eigenvalue weighted by atomic mass is 35.5. The molecule has 0 saturated heterocycles. The van der Waals surface area contributed by atoms with Gasteiger partial charge >= 0.3 is 0 Å². The molecule has 2 amide bonds. The molecule has 0 atom stereocenters. The van der Waals surface area contributed by atoms with Gasteiger partial charge in [0.2, 0.25) is 5.91 Å². The molecule has 0 aliphatic heterocycles. The van der Waals surface area contributed by atoms with E-state index in [4.69, 9.17) is 23.2 Å². The van der Waals surface area contributed by atoms with Gasteiger partial charge < -0.3 is 10.6 Å². The van der Waals surface area contributed by atoms with Crippen molar-refractivity contribution in [3.05, 3.63) is 28.0 Å². The van der Waals surface area contributed by atoms with Crippen LogP contribution >= 0.6 is 23.2 Å². The molecule has 1 aromatic heterocycles. The van der Waals surface area contributed by atoms with E-state index >= 15 is 0 Å². The van der Waals surface area contributed by atoms with Gasteiger partial charge in [0.05, 0.1) is 10.6 Å². The maximum absolute atomic E-state index is 11.8. The van der Waals surface area contributed by atoms with E-state index in [1.54, 1.807) is 0 Å². The second-order valence-corrected chi connectivity index (χ2v) is 5.01. The molecule has 0 aromatic carbocycles. The Morgan fingerprint density at radius 3 is 2.68 bits per heavy atom. The molecule has 1 heterocycles. The Hall–Kier alpha value is -1.33. The number of hydrogen-bond donors (Lipinski definition) is 2. The molecule has 0 aliphatic rings. The minimum absolute atomic E-state index is 0.0802. The topological polar surface area (TPSA) is 71.1 Å². The minimum atomic E-state index is -0.383. The van der Waals surface area contributed by atoms with Gasteiger partial charge in [0.15, 0.2) is 0 Å². The van der Waals surface area contributed by atoms with Crippen molar-refractivity contribution in [1.29, 1.82) is 0 Å². The number of pyridine rings is 1. The maximum atomic E-state index is 11.8. The zero-order chi connectivity index (χ0) is 14.4. The summed E-state index contributed by atoms with van der Waals surface area (Å²) in [5, 5.41) is 5.73. The third-order valence-electron chi connectivity index (χ3n) is 2.15. The van der Waals surface area contributed by atoms with Crippen LogP contribution < -0.4 is 10.6 Å². The van der Waals surface area contributed by atoms with E-state index in [1.807, 2.05) is 13.8 Å². The van der Waals surface area contributed by atoms with Crippen LogP contribution in [0.1, 0.15) is 30.6 Å². The number of rotatable bonds is 5. The van der Waals surface area contributed by atoms with E-state index in [0.29, 0.717) is 0 Å². The van der Waals surface area contributed by atoms with Crippen LogP contribution in [0.25, 0.3) is 0 Å². The van der Waals surface area contributed by atoms with Crippen LogP contribution in [0, 0.1) is 0 Å². The van der Waals surface area contributed by atoms with Crippen LogP contribution in [0.3, 0.4) is 0 Å². The fourth-order valence-electron chi connectivity index (χ4n) is 1.37. The molecule has 1 rings (SSSR count). The molecule has 7 heteroatoms. The van der Waals surface area contributed by atoms with Gasteiger partial charge in [0, 0.05) is 25.2 Å². The van der Waals surface area contributed by atoms with Gasteiger partial charge in [-0.1, -0.05) is 23.2 Å². The van der Waals surface area contributed by atoms with Crippen molar-refractivity contribution in [2.24, 2.45) is 0 Å². The van der Waals surface area contributed by atoms with Crippen molar-refractivity contribution in [2.75, 3.05) is 6.54 Å². The minimum Gasteiger partial charge on any atom is -0.354 e. The summed E-state index contributed by atoms with van der Waals surface area (Å²) in [5.74, 6) is -0.499. The highest BCUT2D eigenvalue weighted by Crippen LogP contribution is 2.17. The highest BCUT2D eigenvalue weighted by Gasteiger charge is 2.12. The first-order valence-electron chi connectivity index (χ1n) is 5.78. The first-order valence-corrected chi connectivity index (χ1v) is 6.54. The van der Waals surface area contributed by atoms with Gasteiger partial charge in [-0.3, -0.25) is 9.59 Å². The zero-order valence-corrected chi connectivity index (χ0v) is 12.2. The quantitative estimate of drug-likeness (QED) is 0.818. The summed E-state index contributed by atoms with van der Waals surface area (Å²) in [6.45, 7) is 3.97. The number of carbonyl (C=O) groups excluding carboxylic acids is 2. The molecule has 0 fully saturated rings. The number of aromatic nitrogens is 1. The Bertz CT molecular complexity index is 478. The largest absolute Gasteiger partial charge is 0.354 e. The van der Waals surface area contributed by atoms with E-state index in [1.165, 1.54) is 12.3 Å². The van der Waals surface area contributed by atoms with Crippen LogP contribution in [0.15, 0.2) is 12.3 Å². The Morgan fingerprint density at radius 2 is 2.05 bits per heavy atom. The van der Waals surface area contributed by atoms with Gasteiger partial charge in [-0.15, -0.1) is 0 Å². The Labute approximate surface area is 121 Å². The third kappa shape index (κ3) is 5.44. The van der Waals surface area contributed by atoms with Crippen molar-refractivity contribution in [2.45, 2.75) is 26.3 Å². The average molecular weight is 304 g/mol. The summed E-state index contributed by atoms with van der Waals surface area (Å²) in [6.07, 6.45) is 1.52. The summed E-state index contributed by atoms with van der Waals surface area (Å²) in [6, 6.07) is 1.46. The van der Waals surface area contributed by atoms with Gasteiger partial charge in [0.25, 0.3) is 5.91 Å². The number of nitrogens with one attached hydrogen (secondary N) is 2. The molecular formula is C12H15Cl2N3O2. The van der Waals surface area contributed by atoms with Crippen LogP contribution in [0.2, 0.25) is 10.2 Å². The molecule has 0 saturated carbocycles. The highest BCUT2D eigenvalue weighted by molar-refractivity contribution is 6.35. The zero-order valence-electron chi connectivity index (χ0n) is 10.7. The smallest absolute Gasteiger partial charge is 0.252 e. The molecule has 104 valence electrons. The summed E-state index contributed by atoms with van der Waals surface area (Å²) >= 11 is 11.5. The van der Waals surface area contributed by atoms with E-state index in [9.17, 15) is 9.59 Å². The van der Waals surface area contributed by atoms with Gasteiger partial charge in [-0.05, 0) is 19.9 Å². The normalized spacial score (nSPS) is 10.4. The Morgan fingerprint density at radius 1 is 1.37 bits per heavy atom. The van der Waals surface area contributed by atoms with Crippen LogP contribution in [0.5, 0.6) is 0 Å². The summed E-state index contributed by atoms with van der Waals surface area (Å²) in [4.78, 5) is 26.9. The summed E-state index contributed by atoms with van der Waals surface area (Å²) in [5.41, 5.74) is 0.242. The number of nitrogens with zero attached hydrogens (tertiary/aromatic N) is 1. The van der Waals surface area contributed by atoms with Crippen molar-refractivity contribution in [3.8, 4) is 0 Å². The van der Waals surface area contributed by atoms with Crippen molar-refractivity contribution in [1.82, 2.24) is 15.6 Å². The molecule has 0 spiro atoms. The first-order chi connectivity index (χ1) is 8.90. The summed E-state index contributed by atoms with van der Waals surface area (Å²) < 4.78 is 0. The molecule has 0 radical (unpaired) electrons. The lowest BCUT2D eigenvalue weighted by Crippen LogP contribution is -2.34. The SMILES string of the molecule is CC(C)NC(=O)CCNC(=O)c1cc(Cl)ncc1Cl. The lowest BCUT2D eigenvalue weighted by atomic mass is 10.2. The number of carbonyl (C=O) groups is 2. The van der Waals surface area contributed by atoms with Crippen LogP contribution in [0.4, 0.5) is 0 Å². The van der Waals surface area contributed by atoms with Crippen molar-refractivity contribution in [3.63, 3.8) is 0 Å². The third-order valence-corrected chi connectivity index (χ3v) is 2.66. The Balaban J connectivity index is 2.48. The molecule has 1 aromatic rings. The van der Waals surface area contributed by atoms with E-state index in [2.05, 4.69) is 15.6 Å². The van der Waals surface area contributed by atoms with Crippen molar-refractivity contribution < 1.29 is 9.59 Å². The molecule has 5 nitrogen and oxygen atoms in total. The molecule has 0 aliphatic carbocycles. The van der Waals surface area contributed by atoms with Gasteiger partial charge in [-0.25, -0.2) is 4.98 Å². The number of hydrogen-bond acceptors (Lipinski definition) is 3. The lowest BCUT2D eigenvalue weighted by molar-refractivity contribution is -0.121. The molecule has 19 heavy (non-hydrogen) atoms. The lowest BCUT2D eigenvalue weighted by Gasteiger charge is -2.09. The second kappa shape index (κ2) is 7.31. The van der Waals surface area contributed by atoms with E-state index < -0.39 is 0 Å². The number of halogens is 2. The fourth-order valence-corrected chi connectivity index (χ4v) is 1.71. The maximum Gasteiger partial charge on any atom is 0.252 e. The van der Waals surface area contributed by atoms with Gasteiger partial charge in [0.1, 0.15) is 5.15 Å². The average Bonchev–Trinajstić information content (AvgIpc) is 2.31. The fraction of sp³-hybridized carbons (Fsp3) is 0.417. The predicted molar refractivity (Wildman–Crippen MR) is 74.5 cm³/mol. The summed E-state index contributed by atoms with van der Waals surface area (Å²) in [7, 11) is 0. The van der Waals surface area contributed by atoms with Crippen LogP contribution in [-0.2, 0) is 4.79 Å². The first kappa shape index (κ1) is 15.7. The van der Waals surface area contributed by atoms with E-state index in [0.717, 1.165) is 0 Å². The molecule has 2 N–H and O–H groups in total. The molecule has 0 unspecified atom stereocenters. The second-order valence-electron chi connectivity index (χ2n) is 4.21. The van der Waals surface area contributed by atoms with Crippen molar-refractivity contribution >= 4 is 35.0 Å². The monoisotopic (exact) mass is 303 g/mol. The molecule has 0 bridgehead atoms. The standard InChI is InChI=1S/C12H15Cl2N3O2/c1-7(2)17-11(18)3-4-15-12(19)8-5-10(14)16-6-9(8)13/h5-7H,3-4H2,1-2H3,(H,15,19)(H,17,18). The van der Waals surface area contributed by atoms with Gasteiger partial charge in [-0.2, -0.15) is 0 Å². The van der Waals surface area contributed by atoms with E-state index in [-0.39, 0.29) is 46.6 Å². The van der Waals surface area contributed by atoms with Crippen LogP contribution in [-0.4, -0.2) is 29.4 Å². The number of amides is 2. The Kier molecular flexibility index (Phi) is 6.05. The predicted octanol–water partition coefficient (Wildman–Crippen LogP) is 2.03. The molecular weight excluding hydrogens is 289 g/mol.